The van der Waals surface area contributed by atoms with E-state index in [4.69, 9.17) is 9.26 Å². The van der Waals surface area contributed by atoms with E-state index in [1.54, 1.807) is 6.92 Å². The van der Waals surface area contributed by atoms with Crippen LogP contribution in [0.5, 0.6) is 0 Å². The predicted molar refractivity (Wildman–Crippen MR) is 78.1 cm³/mol. The van der Waals surface area contributed by atoms with Gasteiger partial charge < -0.3 is 19.9 Å². The summed E-state index contributed by atoms with van der Waals surface area (Å²) in [5, 5.41) is 9.98. The first-order valence-corrected chi connectivity index (χ1v) is 6.87. The summed E-state index contributed by atoms with van der Waals surface area (Å²) in [6, 6.07) is 1.84. The number of anilines is 2. The van der Waals surface area contributed by atoms with E-state index in [9.17, 15) is 0 Å². The number of hydrogen-bond donors (Lipinski definition) is 2. The van der Waals surface area contributed by atoms with E-state index in [2.05, 4.69) is 30.7 Å². The van der Waals surface area contributed by atoms with Crippen molar-refractivity contribution in [1.82, 2.24) is 20.1 Å². The average Bonchev–Trinajstić information content (AvgIpc) is 2.90. The number of ether oxygens (including phenoxy) is 1. The Morgan fingerprint density at radius 3 is 2.71 bits per heavy atom. The number of aryl methyl sites for hydroxylation is 1. The Labute approximate surface area is 123 Å². The van der Waals surface area contributed by atoms with Crippen molar-refractivity contribution < 1.29 is 9.26 Å². The molecule has 21 heavy (non-hydrogen) atoms. The van der Waals surface area contributed by atoms with E-state index in [1.807, 2.05) is 20.0 Å². The van der Waals surface area contributed by atoms with Gasteiger partial charge in [-0.25, -0.2) is 9.97 Å². The molecule has 0 fully saturated rings. The van der Waals surface area contributed by atoms with Crippen LogP contribution in [0.4, 0.5) is 11.6 Å². The molecule has 2 rings (SSSR count). The van der Waals surface area contributed by atoms with Crippen LogP contribution in [-0.2, 0) is 17.8 Å². The topological polar surface area (TPSA) is 98.0 Å². The van der Waals surface area contributed by atoms with Gasteiger partial charge in [-0.2, -0.15) is 4.98 Å². The van der Waals surface area contributed by atoms with Gasteiger partial charge in [-0.15, -0.1) is 0 Å². The average molecular weight is 292 g/mol. The van der Waals surface area contributed by atoms with E-state index in [0.717, 1.165) is 11.6 Å². The smallest absolute Gasteiger partial charge is 0.228 e. The van der Waals surface area contributed by atoms with Crippen molar-refractivity contribution in [3.05, 3.63) is 23.6 Å². The molecule has 0 amide bonds. The van der Waals surface area contributed by atoms with Gasteiger partial charge in [0.15, 0.2) is 11.6 Å². The van der Waals surface area contributed by atoms with Crippen LogP contribution >= 0.6 is 0 Å². The predicted octanol–water partition coefficient (Wildman–Crippen LogP) is 1.40. The highest BCUT2D eigenvalue weighted by Gasteiger charge is 2.06. The van der Waals surface area contributed by atoms with Crippen LogP contribution in [0, 0.1) is 6.92 Å². The number of rotatable bonds is 8. The zero-order valence-electron chi connectivity index (χ0n) is 12.5. The quantitative estimate of drug-likeness (QED) is 0.753. The first-order chi connectivity index (χ1) is 10.2. The van der Waals surface area contributed by atoms with Gasteiger partial charge in [-0.05, 0) is 13.8 Å². The molecule has 8 heteroatoms. The maximum atomic E-state index is 5.34. The second-order valence-electron chi connectivity index (χ2n) is 4.35. The van der Waals surface area contributed by atoms with Crippen molar-refractivity contribution in [3.63, 3.8) is 0 Å². The van der Waals surface area contributed by atoms with Crippen LogP contribution in [0.3, 0.4) is 0 Å². The lowest BCUT2D eigenvalue weighted by Crippen LogP contribution is -2.10. The molecule has 2 N–H and O–H groups in total. The zero-order chi connectivity index (χ0) is 15.1. The highest BCUT2D eigenvalue weighted by atomic mass is 16.5. The summed E-state index contributed by atoms with van der Waals surface area (Å²) in [5.41, 5.74) is 0. The molecule has 0 saturated carbocycles. The lowest BCUT2D eigenvalue weighted by molar-refractivity contribution is 0.128. The number of nitrogens with one attached hydrogen (secondary N) is 2. The molecule has 0 bridgehead atoms. The minimum absolute atomic E-state index is 0.392. The summed E-state index contributed by atoms with van der Waals surface area (Å²) in [4.78, 5) is 12.9. The van der Waals surface area contributed by atoms with Crippen molar-refractivity contribution in [3.8, 4) is 0 Å². The highest BCUT2D eigenvalue weighted by molar-refractivity contribution is 5.47. The van der Waals surface area contributed by atoms with E-state index in [0.29, 0.717) is 43.7 Å². The van der Waals surface area contributed by atoms with Gasteiger partial charge in [0, 0.05) is 32.7 Å². The van der Waals surface area contributed by atoms with E-state index < -0.39 is 0 Å². The molecule has 0 aliphatic rings. The third-order valence-corrected chi connectivity index (χ3v) is 2.68. The summed E-state index contributed by atoms with van der Waals surface area (Å²) in [6.07, 6.45) is 0.639. The molecule has 114 valence electrons. The van der Waals surface area contributed by atoms with Crippen LogP contribution in [0.15, 0.2) is 10.6 Å². The standard InChI is InChI=1S/C13H20N6O2/c1-4-20-8-12-17-10(14-3)7-11(18-12)15-6-5-13-16-9(2)19-21-13/h7H,4-6,8H2,1-3H3,(H2,14,15,17,18). The van der Waals surface area contributed by atoms with E-state index in [1.165, 1.54) is 0 Å². The van der Waals surface area contributed by atoms with Gasteiger partial charge in [0.05, 0.1) is 0 Å². The van der Waals surface area contributed by atoms with Gasteiger partial charge in [-0.3, -0.25) is 0 Å². The second kappa shape index (κ2) is 7.53. The summed E-state index contributed by atoms with van der Waals surface area (Å²) >= 11 is 0. The molecule has 0 spiro atoms. The van der Waals surface area contributed by atoms with Crippen LogP contribution in [-0.4, -0.2) is 40.3 Å². The third-order valence-electron chi connectivity index (χ3n) is 2.68. The van der Waals surface area contributed by atoms with E-state index >= 15 is 0 Å². The van der Waals surface area contributed by atoms with E-state index in [-0.39, 0.29) is 0 Å². The maximum absolute atomic E-state index is 5.34. The fourth-order valence-electron chi connectivity index (χ4n) is 1.71. The van der Waals surface area contributed by atoms with Gasteiger partial charge >= 0.3 is 0 Å². The molecular weight excluding hydrogens is 272 g/mol. The molecule has 0 atom stereocenters. The molecule has 0 radical (unpaired) electrons. The fraction of sp³-hybridized carbons (Fsp3) is 0.538. The van der Waals surface area contributed by atoms with Crippen molar-refractivity contribution in [2.45, 2.75) is 26.9 Å². The van der Waals surface area contributed by atoms with Crippen LogP contribution in [0.25, 0.3) is 0 Å². The Hall–Kier alpha value is -2.22. The van der Waals surface area contributed by atoms with Crippen molar-refractivity contribution in [2.75, 3.05) is 30.8 Å². The molecule has 8 nitrogen and oxygen atoms in total. The Morgan fingerprint density at radius 1 is 1.24 bits per heavy atom. The van der Waals surface area contributed by atoms with Crippen molar-refractivity contribution in [1.29, 1.82) is 0 Å². The summed E-state index contributed by atoms with van der Waals surface area (Å²) in [7, 11) is 1.82. The fourth-order valence-corrected chi connectivity index (χ4v) is 1.71. The highest BCUT2D eigenvalue weighted by Crippen LogP contribution is 2.11. The normalized spacial score (nSPS) is 10.6. The van der Waals surface area contributed by atoms with Crippen LogP contribution < -0.4 is 10.6 Å². The van der Waals surface area contributed by atoms with Gasteiger partial charge in [0.2, 0.25) is 5.89 Å². The Kier molecular flexibility index (Phi) is 5.44. The summed E-state index contributed by atoms with van der Waals surface area (Å²) < 4.78 is 10.4. The van der Waals surface area contributed by atoms with Crippen LogP contribution in [0.1, 0.15) is 24.5 Å². The second-order valence-corrected chi connectivity index (χ2v) is 4.35. The minimum atomic E-state index is 0.392. The molecule has 0 unspecified atom stereocenters. The Bertz CT molecular complexity index is 572. The lowest BCUT2D eigenvalue weighted by atomic mass is 10.4. The molecule has 2 heterocycles. The first-order valence-electron chi connectivity index (χ1n) is 6.87. The molecule has 0 aliphatic heterocycles. The number of nitrogens with zero attached hydrogens (tertiary/aromatic N) is 4. The Morgan fingerprint density at radius 2 is 2.05 bits per heavy atom. The summed E-state index contributed by atoms with van der Waals surface area (Å²) in [5.74, 6) is 3.37. The minimum Gasteiger partial charge on any atom is -0.374 e. The third kappa shape index (κ3) is 4.67. The SMILES string of the molecule is CCOCc1nc(NC)cc(NCCc2nc(C)no2)n1. The first kappa shape index (κ1) is 15.2. The summed E-state index contributed by atoms with van der Waals surface area (Å²) in [6.45, 7) is 5.41. The molecular formula is C13H20N6O2. The van der Waals surface area contributed by atoms with Gasteiger partial charge in [0.25, 0.3) is 0 Å². The zero-order valence-corrected chi connectivity index (χ0v) is 12.5. The molecule has 0 saturated heterocycles. The number of hydrogen-bond acceptors (Lipinski definition) is 8. The maximum Gasteiger partial charge on any atom is 0.228 e. The molecule has 2 aromatic rings. The molecule has 0 aliphatic carbocycles. The molecule has 0 aromatic carbocycles. The van der Waals surface area contributed by atoms with Crippen LogP contribution in [0.2, 0.25) is 0 Å². The van der Waals surface area contributed by atoms with Gasteiger partial charge in [-0.1, -0.05) is 5.16 Å². The number of aromatic nitrogens is 4. The Balaban J connectivity index is 1.94. The molecule has 2 aromatic heterocycles. The van der Waals surface area contributed by atoms with Gasteiger partial charge in [0.1, 0.15) is 18.2 Å². The van der Waals surface area contributed by atoms with Crippen molar-refractivity contribution >= 4 is 11.6 Å². The lowest BCUT2D eigenvalue weighted by Gasteiger charge is -2.09. The monoisotopic (exact) mass is 292 g/mol. The largest absolute Gasteiger partial charge is 0.374 e. The van der Waals surface area contributed by atoms with Crippen molar-refractivity contribution in [2.24, 2.45) is 0 Å².